The molecule has 1 aliphatic rings. The van der Waals surface area contributed by atoms with Crippen molar-refractivity contribution in [2.75, 3.05) is 23.7 Å². The van der Waals surface area contributed by atoms with Crippen molar-refractivity contribution < 1.29 is 39.0 Å². The highest BCUT2D eigenvalue weighted by Crippen LogP contribution is 2.17. The van der Waals surface area contributed by atoms with E-state index in [9.17, 15) is 39.0 Å². The van der Waals surface area contributed by atoms with Gasteiger partial charge in [0.05, 0.1) is 18.9 Å². The zero-order valence-electron chi connectivity index (χ0n) is 30.8. The molecule has 14 nitrogen and oxygen atoms in total. The lowest BCUT2D eigenvalue weighted by Gasteiger charge is -2.33. The van der Waals surface area contributed by atoms with Crippen LogP contribution in [0.25, 0.3) is 0 Å². The molecule has 4 rings (SSSR count). The first-order valence-corrected chi connectivity index (χ1v) is 18.1. The molecule has 0 aliphatic carbocycles. The van der Waals surface area contributed by atoms with Crippen molar-refractivity contribution in [3.05, 3.63) is 95.6 Å². The van der Waals surface area contributed by atoms with Gasteiger partial charge in [-0.05, 0) is 67.0 Å². The Labute approximate surface area is 315 Å². The molecule has 3 atom stereocenters. The van der Waals surface area contributed by atoms with Crippen molar-refractivity contribution in [1.82, 2.24) is 20.9 Å². The average Bonchev–Trinajstić information content (AvgIpc) is 3.12. The standard InChI is InChI=1S/C40H50N6O8/c1-25(2)21-32(42-35(48)23-28-13-15-29(16-14-28)41-40(54)45-31-12-8-7-9-26(31)3)37(51)43-33(24-36(49)50)38(52)44-34(22-27-10-5-4-6-11-27)39(53)46-19-17-30(47)18-20-46/h4-16,25,30,32-34,47H,17-24H2,1-3H3,(H,42,48)(H,43,51)(H,44,52)(H,49,50)(H2,41,45,54)/t32?,33-,34?/m0/s1. The number of carboxylic acids is 1. The number of carboxylic acid groups (broad SMARTS) is 1. The minimum atomic E-state index is -1.54. The maximum atomic E-state index is 13.6. The van der Waals surface area contributed by atoms with Crippen LogP contribution < -0.4 is 26.6 Å². The van der Waals surface area contributed by atoms with Crippen LogP contribution in [-0.4, -0.2) is 88.1 Å². The second-order valence-electron chi connectivity index (χ2n) is 14.0. The maximum absolute atomic E-state index is 13.6. The van der Waals surface area contributed by atoms with Crippen molar-refractivity contribution in [1.29, 1.82) is 0 Å². The largest absolute Gasteiger partial charge is 0.481 e. The number of urea groups is 1. The Hall–Kier alpha value is -5.76. The summed E-state index contributed by atoms with van der Waals surface area (Å²) < 4.78 is 0. The van der Waals surface area contributed by atoms with E-state index in [1.165, 1.54) is 0 Å². The summed E-state index contributed by atoms with van der Waals surface area (Å²) in [5, 5.41) is 33.0. The number of likely N-dealkylation sites (tertiary alicyclic amines) is 1. The Morgan fingerprint density at radius 1 is 0.741 bits per heavy atom. The van der Waals surface area contributed by atoms with Gasteiger partial charge < -0.3 is 41.7 Å². The monoisotopic (exact) mass is 742 g/mol. The average molecular weight is 743 g/mol. The first kappa shape index (κ1) is 41.0. The fraction of sp³-hybridized carbons (Fsp3) is 0.400. The van der Waals surface area contributed by atoms with Crippen LogP contribution >= 0.6 is 0 Å². The number of anilines is 2. The number of piperidine rings is 1. The molecule has 0 radical (unpaired) electrons. The van der Waals surface area contributed by atoms with E-state index in [0.717, 1.165) is 11.1 Å². The highest BCUT2D eigenvalue weighted by molar-refractivity contribution is 6.00. The van der Waals surface area contributed by atoms with Crippen molar-refractivity contribution >= 4 is 47.0 Å². The lowest BCUT2D eigenvalue weighted by atomic mass is 10.0. The number of nitrogens with zero attached hydrogens (tertiary/aromatic N) is 1. The van der Waals surface area contributed by atoms with E-state index < -0.39 is 60.4 Å². The van der Waals surface area contributed by atoms with E-state index in [0.29, 0.717) is 42.9 Å². The quantitative estimate of drug-likeness (QED) is 0.116. The molecule has 1 aliphatic heterocycles. The molecule has 0 bridgehead atoms. The predicted molar refractivity (Wildman–Crippen MR) is 203 cm³/mol. The molecule has 7 N–H and O–H groups in total. The van der Waals surface area contributed by atoms with Crippen LogP contribution in [0.15, 0.2) is 78.9 Å². The second kappa shape index (κ2) is 19.9. The van der Waals surface area contributed by atoms with Gasteiger partial charge in [-0.15, -0.1) is 0 Å². The zero-order chi connectivity index (χ0) is 39.2. The third kappa shape index (κ3) is 13.0. The van der Waals surface area contributed by atoms with Gasteiger partial charge in [0.25, 0.3) is 0 Å². The van der Waals surface area contributed by atoms with Gasteiger partial charge in [0.2, 0.25) is 23.6 Å². The topological polar surface area (TPSA) is 206 Å². The summed E-state index contributed by atoms with van der Waals surface area (Å²) in [6.07, 6.45) is -0.240. The normalized spacial score (nSPS) is 14.6. The van der Waals surface area contributed by atoms with Gasteiger partial charge >= 0.3 is 12.0 Å². The molecule has 2 unspecified atom stereocenters. The molecule has 3 aromatic carbocycles. The predicted octanol–water partition coefficient (Wildman–Crippen LogP) is 3.38. The lowest BCUT2D eigenvalue weighted by molar-refractivity contribution is -0.142. The Balaban J connectivity index is 1.40. The number of aryl methyl sites for hydroxylation is 1. The molecular weight excluding hydrogens is 692 g/mol. The van der Waals surface area contributed by atoms with Crippen molar-refractivity contribution in [2.45, 2.75) is 83.5 Å². The number of rotatable bonds is 16. The number of para-hydroxylation sites is 1. The summed E-state index contributed by atoms with van der Waals surface area (Å²) >= 11 is 0. The highest BCUT2D eigenvalue weighted by atomic mass is 16.4. The fourth-order valence-electron chi connectivity index (χ4n) is 6.12. The van der Waals surface area contributed by atoms with Crippen LogP contribution in [0.5, 0.6) is 0 Å². The summed E-state index contributed by atoms with van der Waals surface area (Å²) in [5.41, 5.74) is 3.47. The van der Waals surface area contributed by atoms with Crippen LogP contribution in [-0.2, 0) is 36.8 Å². The summed E-state index contributed by atoms with van der Waals surface area (Å²) in [6, 6.07) is 18.9. The molecule has 1 fully saturated rings. The molecule has 14 heteroatoms. The molecule has 288 valence electrons. The van der Waals surface area contributed by atoms with Gasteiger partial charge in [0.1, 0.15) is 18.1 Å². The van der Waals surface area contributed by atoms with Crippen LogP contribution in [0, 0.1) is 12.8 Å². The highest BCUT2D eigenvalue weighted by Gasteiger charge is 2.34. The maximum Gasteiger partial charge on any atom is 0.323 e. The minimum Gasteiger partial charge on any atom is -0.481 e. The summed E-state index contributed by atoms with van der Waals surface area (Å²) in [4.78, 5) is 79.9. The Morgan fingerprint density at radius 3 is 1.98 bits per heavy atom. The van der Waals surface area contributed by atoms with E-state index in [1.54, 1.807) is 59.5 Å². The van der Waals surface area contributed by atoms with Gasteiger partial charge in [-0.3, -0.25) is 24.0 Å². The summed E-state index contributed by atoms with van der Waals surface area (Å²) in [5.74, 6) is -3.85. The molecule has 1 saturated heterocycles. The Bertz CT molecular complexity index is 1760. The molecule has 54 heavy (non-hydrogen) atoms. The number of hydrogen-bond donors (Lipinski definition) is 7. The van der Waals surface area contributed by atoms with E-state index >= 15 is 0 Å². The van der Waals surface area contributed by atoms with Gasteiger partial charge in [-0.1, -0.05) is 74.5 Å². The molecule has 3 aromatic rings. The van der Waals surface area contributed by atoms with Gasteiger partial charge in [0.15, 0.2) is 0 Å². The van der Waals surface area contributed by atoms with E-state index in [-0.39, 0.29) is 31.1 Å². The number of hydrogen-bond acceptors (Lipinski definition) is 7. The molecule has 0 spiro atoms. The first-order valence-electron chi connectivity index (χ1n) is 18.1. The van der Waals surface area contributed by atoms with E-state index in [1.807, 2.05) is 45.0 Å². The third-order valence-electron chi connectivity index (χ3n) is 9.01. The van der Waals surface area contributed by atoms with Gasteiger partial charge in [-0.2, -0.15) is 0 Å². The number of aliphatic hydroxyl groups is 1. The zero-order valence-corrected chi connectivity index (χ0v) is 30.8. The molecule has 0 saturated carbocycles. The molecular formula is C40H50N6O8. The Kier molecular flexibility index (Phi) is 15.1. The van der Waals surface area contributed by atoms with Crippen LogP contribution in [0.4, 0.5) is 16.2 Å². The molecule has 6 amide bonds. The second-order valence-corrected chi connectivity index (χ2v) is 14.0. The number of amides is 6. The van der Waals surface area contributed by atoms with Gasteiger partial charge in [-0.25, -0.2) is 4.79 Å². The van der Waals surface area contributed by atoms with Crippen LogP contribution in [0.3, 0.4) is 0 Å². The smallest absolute Gasteiger partial charge is 0.323 e. The fourth-order valence-corrected chi connectivity index (χ4v) is 6.12. The van der Waals surface area contributed by atoms with Crippen LogP contribution in [0.1, 0.15) is 56.2 Å². The van der Waals surface area contributed by atoms with Crippen molar-refractivity contribution in [2.24, 2.45) is 5.92 Å². The number of carbonyl (C=O) groups is 6. The lowest BCUT2D eigenvalue weighted by Crippen LogP contribution is -2.58. The van der Waals surface area contributed by atoms with E-state index in [2.05, 4.69) is 26.6 Å². The third-order valence-corrected chi connectivity index (χ3v) is 9.01. The van der Waals surface area contributed by atoms with Crippen molar-refractivity contribution in [3.63, 3.8) is 0 Å². The minimum absolute atomic E-state index is 0.0556. The van der Waals surface area contributed by atoms with E-state index in [4.69, 9.17) is 0 Å². The summed E-state index contributed by atoms with van der Waals surface area (Å²) in [6.45, 7) is 6.20. The molecule has 0 aromatic heterocycles. The number of nitrogens with one attached hydrogen (secondary N) is 5. The van der Waals surface area contributed by atoms with Gasteiger partial charge in [0, 0.05) is 30.9 Å². The van der Waals surface area contributed by atoms with Crippen molar-refractivity contribution in [3.8, 4) is 0 Å². The number of carbonyl (C=O) groups excluding carboxylic acids is 5. The van der Waals surface area contributed by atoms with Crippen LogP contribution in [0.2, 0.25) is 0 Å². The Morgan fingerprint density at radius 2 is 1.35 bits per heavy atom. The number of aliphatic hydroxyl groups excluding tert-OH is 1. The first-order chi connectivity index (χ1) is 25.8. The SMILES string of the molecule is Cc1ccccc1NC(=O)Nc1ccc(CC(=O)NC(CC(C)C)C(=O)N[C@@H](CC(=O)O)C(=O)NC(Cc2ccccc2)C(=O)N2CCC(O)CC2)cc1. The number of benzene rings is 3. The number of aliphatic carboxylic acids is 1. The summed E-state index contributed by atoms with van der Waals surface area (Å²) in [7, 11) is 0. The molecule has 1 heterocycles.